The number of nitriles is 1. The molecule has 2 aliphatic carbocycles. The van der Waals surface area contributed by atoms with E-state index in [1.165, 1.54) is 16.7 Å². The van der Waals surface area contributed by atoms with Gasteiger partial charge in [0.1, 0.15) is 0 Å². The number of rotatable bonds is 1. The first-order valence-corrected chi connectivity index (χ1v) is 5.95. The second kappa shape index (κ2) is 2.96. The predicted octanol–water partition coefficient (Wildman–Crippen LogP) is 3.69. The zero-order chi connectivity index (χ0) is 10.5. The van der Waals surface area contributed by atoms with Crippen molar-refractivity contribution >= 4 is 21.5 Å². The van der Waals surface area contributed by atoms with E-state index in [2.05, 4.69) is 46.3 Å². The van der Waals surface area contributed by atoms with Crippen LogP contribution in [0.15, 0.2) is 28.7 Å². The van der Waals surface area contributed by atoms with Crippen molar-refractivity contribution in [1.29, 1.82) is 5.26 Å². The second-order valence-electron chi connectivity index (χ2n) is 4.32. The highest BCUT2D eigenvalue weighted by atomic mass is 79.9. The van der Waals surface area contributed by atoms with Crippen LogP contribution in [0.1, 0.15) is 24.0 Å². The van der Waals surface area contributed by atoms with E-state index in [4.69, 9.17) is 0 Å². The summed E-state index contributed by atoms with van der Waals surface area (Å²) in [6, 6.07) is 8.82. The predicted molar refractivity (Wildman–Crippen MR) is 63.1 cm³/mol. The molecule has 74 valence electrons. The first-order valence-electron chi connectivity index (χ1n) is 5.16. The van der Waals surface area contributed by atoms with Crippen molar-refractivity contribution in [3.05, 3.63) is 39.9 Å². The molecular formula is C13H10BrN. The third-order valence-electron chi connectivity index (χ3n) is 3.36. The molecule has 3 rings (SSSR count). The fourth-order valence-electron chi connectivity index (χ4n) is 2.34. The van der Waals surface area contributed by atoms with Gasteiger partial charge in [-0.25, -0.2) is 0 Å². The van der Waals surface area contributed by atoms with Gasteiger partial charge in [0, 0.05) is 4.47 Å². The molecule has 0 bridgehead atoms. The van der Waals surface area contributed by atoms with Crippen LogP contribution >= 0.6 is 15.9 Å². The van der Waals surface area contributed by atoms with Crippen molar-refractivity contribution in [1.82, 2.24) is 0 Å². The highest BCUT2D eigenvalue weighted by Gasteiger charge is 2.48. The molecule has 0 atom stereocenters. The lowest BCUT2D eigenvalue weighted by molar-refractivity contribution is 0.905. The Hall–Kier alpha value is -1.07. The van der Waals surface area contributed by atoms with Crippen molar-refractivity contribution in [2.24, 2.45) is 5.41 Å². The Labute approximate surface area is 97.5 Å². The fourth-order valence-corrected chi connectivity index (χ4v) is 2.74. The Kier molecular flexibility index (Phi) is 1.81. The van der Waals surface area contributed by atoms with Gasteiger partial charge in [0.25, 0.3) is 0 Å². The number of halogens is 1. The van der Waals surface area contributed by atoms with Crippen molar-refractivity contribution in [2.45, 2.75) is 19.3 Å². The van der Waals surface area contributed by atoms with Gasteiger partial charge in [-0.1, -0.05) is 28.1 Å². The Morgan fingerprint density at radius 1 is 1.33 bits per heavy atom. The molecule has 2 heteroatoms. The summed E-state index contributed by atoms with van der Waals surface area (Å²) in [5, 5.41) is 9.20. The molecule has 1 aromatic rings. The fraction of sp³-hybridized carbons (Fsp3) is 0.308. The van der Waals surface area contributed by atoms with Crippen molar-refractivity contribution in [2.75, 3.05) is 0 Å². The SMILES string of the molecule is N#CC1(C2=CCc3cc(Br)ccc32)CC1. The normalized spacial score (nSPS) is 20.4. The molecule has 2 aliphatic rings. The van der Waals surface area contributed by atoms with Crippen LogP contribution in [-0.2, 0) is 6.42 Å². The first kappa shape index (κ1) is 9.18. The lowest BCUT2D eigenvalue weighted by atomic mass is 9.92. The van der Waals surface area contributed by atoms with E-state index in [0.717, 1.165) is 23.7 Å². The van der Waals surface area contributed by atoms with Crippen LogP contribution in [0.25, 0.3) is 5.57 Å². The number of allylic oxidation sites excluding steroid dienone is 2. The van der Waals surface area contributed by atoms with E-state index in [0.29, 0.717) is 0 Å². The average molecular weight is 260 g/mol. The van der Waals surface area contributed by atoms with Crippen LogP contribution in [0, 0.1) is 16.7 Å². The number of benzene rings is 1. The van der Waals surface area contributed by atoms with Crippen molar-refractivity contribution in [3.63, 3.8) is 0 Å². The Morgan fingerprint density at radius 2 is 2.13 bits per heavy atom. The largest absolute Gasteiger partial charge is 0.197 e. The molecule has 0 aromatic heterocycles. The monoisotopic (exact) mass is 259 g/mol. The minimum atomic E-state index is -0.140. The Bertz CT molecular complexity index is 504. The molecule has 0 amide bonds. The minimum absolute atomic E-state index is 0.140. The van der Waals surface area contributed by atoms with Gasteiger partial charge in [0.2, 0.25) is 0 Å². The highest BCUT2D eigenvalue weighted by Crippen LogP contribution is 2.57. The lowest BCUT2D eigenvalue weighted by Gasteiger charge is -2.09. The van der Waals surface area contributed by atoms with Crippen LogP contribution in [0.2, 0.25) is 0 Å². The van der Waals surface area contributed by atoms with Gasteiger partial charge in [-0.3, -0.25) is 0 Å². The molecule has 1 aromatic carbocycles. The standard InChI is InChI=1S/C13H10BrN/c14-10-2-3-11-9(7-10)1-4-12(11)13(8-15)5-6-13/h2-4,7H,1,5-6H2. The van der Waals surface area contributed by atoms with Crippen LogP contribution in [0.3, 0.4) is 0 Å². The number of hydrogen-bond donors (Lipinski definition) is 0. The quantitative estimate of drug-likeness (QED) is 0.755. The molecule has 0 radical (unpaired) electrons. The summed E-state index contributed by atoms with van der Waals surface area (Å²) < 4.78 is 1.12. The van der Waals surface area contributed by atoms with E-state index in [-0.39, 0.29) is 5.41 Å². The van der Waals surface area contributed by atoms with Crippen LogP contribution in [0.5, 0.6) is 0 Å². The molecule has 0 heterocycles. The maximum Gasteiger partial charge on any atom is 0.0826 e. The zero-order valence-electron chi connectivity index (χ0n) is 8.26. The maximum absolute atomic E-state index is 9.20. The van der Waals surface area contributed by atoms with Gasteiger partial charge in [0.05, 0.1) is 11.5 Å². The summed E-state index contributed by atoms with van der Waals surface area (Å²) in [5.41, 5.74) is 3.77. The molecule has 0 unspecified atom stereocenters. The van der Waals surface area contributed by atoms with Crippen molar-refractivity contribution in [3.8, 4) is 6.07 Å². The molecule has 15 heavy (non-hydrogen) atoms. The van der Waals surface area contributed by atoms with E-state index >= 15 is 0 Å². The van der Waals surface area contributed by atoms with Gasteiger partial charge >= 0.3 is 0 Å². The number of fused-ring (bicyclic) bond motifs is 1. The summed E-state index contributed by atoms with van der Waals surface area (Å²) in [7, 11) is 0. The third-order valence-corrected chi connectivity index (χ3v) is 3.86. The maximum atomic E-state index is 9.20. The molecule has 0 aliphatic heterocycles. The topological polar surface area (TPSA) is 23.8 Å². The summed E-state index contributed by atoms with van der Waals surface area (Å²) >= 11 is 3.48. The summed E-state index contributed by atoms with van der Waals surface area (Å²) in [6.07, 6.45) is 5.27. The molecule has 0 saturated heterocycles. The highest BCUT2D eigenvalue weighted by molar-refractivity contribution is 9.10. The van der Waals surface area contributed by atoms with Gasteiger partial charge in [-0.2, -0.15) is 5.26 Å². The molecule has 1 fully saturated rings. The van der Waals surface area contributed by atoms with Gasteiger partial charge in [0.15, 0.2) is 0 Å². The van der Waals surface area contributed by atoms with Gasteiger partial charge in [-0.05, 0) is 48.1 Å². The number of nitrogens with zero attached hydrogens (tertiary/aromatic N) is 1. The first-order chi connectivity index (χ1) is 7.25. The summed E-state index contributed by atoms with van der Waals surface area (Å²) in [5.74, 6) is 0. The number of hydrogen-bond acceptors (Lipinski definition) is 1. The second-order valence-corrected chi connectivity index (χ2v) is 5.23. The van der Waals surface area contributed by atoms with E-state index in [1.54, 1.807) is 0 Å². The Balaban J connectivity index is 2.08. The molecular weight excluding hydrogens is 250 g/mol. The van der Waals surface area contributed by atoms with Crippen LogP contribution < -0.4 is 0 Å². The third kappa shape index (κ3) is 1.27. The Morgan fingerprint density at radius 3 is 2.80 bits per heavy atom. The van der Waals surface area contributed by atoms with Crippen LogP contribution in [0.4, 0.5) is 0 Å². The lowest BCUT2D eigenvalue weighted by Crippen LogP contribution is -1.98. The van der Waals surface area contributed by atoms with Gasteiger partial charge in [-0.15, -0.1) is 0 Å². The molecule has 0 spiro atoms. The smallest absolute Gasteiger partial charge is 0.0826 e. The van der Waals surface area contributed by atoms with E-state index in [9.17, 15) is 5.26 Å². The van der Waals surface area contributed by atoms with Crippen molar-refractivity contribution < 1.29 is 0 Å². The molecule has 0 N–H and O–H groups in total. The van der Waals surface area contributed by atoms with E-state index in [1.807, 2.05) is 0 Å². The minimum Gasteiger partial charge on any atom is -0.197 e. The average Bonchev–Trinajstić information content (AvgIpc) is 2.93. The summed E-state index contributed by atoms with van der Waals surface area (Å²) in [4.78, 5) is 0. The molecule has 1 nitrogen and oxygen atoms in total. The van der Waals surface area contributed by atoms with Crippen LogP contribution in [-0.4, -0.2) is 0 Å². The van der Waals surface area contributed by atoms with Gasteiger partial charge < -0.3 is 0 Å². The zero-order valence-corrected chi connectivity index (χ0v) is 9.84. The summed E-state index contributed by atoms with van der Waals surface area (Å²) in [6.45, 7) is 0. The van der Waals surface area contributed by atoms with E-state index < -0.39 is 0 Å². The molecule has 1 saturated carbocycles.